The van der Waals surface area contributed by atoms with Crippen LogP contribution in [0.3, 0.4) is 0 Å². The molecule has 0 saturated carbocycles. The summed E-state index contributed by atoms with van der Waals surface area (Å²) in [6.45, 7) is 7.77. The average molecular weight is 285 g/mol. The minimum absolute atomic E-state index is 0.120. The minimum atomic E-state index is -0.305. The van der Waals surface area contributed by atoms with Crippen LogP contribution >= 0.6 is 0 Å². The number of rotatable bonds is 2. The third-order valence-electron chi connectivity index (χ3n) is 3.06. The van der Waals surface area contributed by atoms with Crippen LogP contribution in [0, 0.1) is 12.7 Å². The van der Waals surface area contributed by atoms with Crippen LogP contribution in [0.1, 0.15) is 36.7 Å². The second kappa shape index (κ2) is 5.68. The van der Waals surface area contributed by atoms with Crippen molar-refractivity contribution in [3.8, 4) is 11.1 Å². The number of nitrogens with one attached hydrogen (secondary N) is 1. The highest BCUT2D eigenvalue weighted by molar-refractivity contribution is 6.01. The molecule has 1 N–H and O–H groups in total. The van der Waals surface area contributed by atoms with E-state index >= 15 is 0 Å². The van der Waals surface area contributed by atoms with Crippen LogP contribution in [0.5, 0.6) is 0 Å². The van der Waals surface area contributed by atoms with Gasteiger partial charge >= 0.3 is 0 Å². The molecule has 2 aromatic rings. The molecule has 0 saturated heterocycles. The van der Waals surface area contributed by atoms with E-state index in [4.69, 9.17) is 0 Å². The maximum atomic E-state index is 13.1. The van der Waals surface area contributed by atoms with Gasteiger partial charge < -0.3 is 5.32 Å². The van der Waals surface area contributed by atoms with Crippen LogP contribution in [0.15, 0.2) is 42.5 Å². The van der Waals surface area contributed by atoms with Crippen molar-refractivity contribution in [2.45, 2.75) is 33.2 Å². The molecule has 0 spiro atoms. The fourth-order valence-corrected chi connectivity index (χ4v) is 2.14. The summed E-state index contributed by atoms with van der Waals surface area (Å²) in [5, 5.41) is 2.97. The number of aryl methyl sites for hydroxylation is 1. The van der Waals surface area contributed by atoms with Crippen molar-refractivity contribution in [2.24, 2.45) is 0 Å². The van der Waals surface area contributed by atoms with Crippen molar-refractivity contribution < 1.29 is 9.18 Å². The predicted molar refractivity (Wildman–Crippen MR) is 83.8 cm³/mol. The van der Waals surface area contributed by atoms with E-state index in [1.807, 2.05) is 45.9 Å². The van der Waals surface area contributed by atoms with E-state index in [0.29, 0.717) is 5.56 Å². The van der Waals surface area contributed by atoms with E-state index in [1.165, 1.54) is 12.1 Å². The van der Waals surface area contributed by atoms with Gasteiger partial charge in [0.25, 0.3) is 5.91 Å². The van der Waals surface area contributed by atoms with Crippen molar-refractivity contribution in [2.75, 3.05) is 0 Å². The molecule has 0 unspecified atom stereocenters. The second-order valence-electron chi connectivity index (χ2n) is 6.26. The zero-order valence-electron chi connectivity index (χ0n) is 12.8. The monoisotopic (exact) mass is 285 g/mol. The number of hydrogen-bond acceptors (Lipinski definition) is 1. The maximum Gasteiger partial charge on any atom is 0.252 e. The summed E-state index contributed by atoms with van der Waals surface area (Å²) in [5.74, 6) is -0.405. The lowest BCUT2D eigenvalue weighted by Crippen LogP contribution is -2.40. The van der Waals surface area contributed by atoms with E-state index in [9.17, 15) is 9.18 Å². The summed E-state index contributed by atoms with van der Waals surface area (Å²) in [6.07, 6.45) is 0. The highest BCUT2D eigenvalue weighted by Gasteiger charge is 2.18. The normalized spacial score (nSPS) is 11.3. The van der Waals surface area contributed by atoms with Gasteiger partial charge in [0, 0.05) is 11.1 Å². The molecule has 0 bridgehead atoms. The zero-order chi connectivity index (χ0) is 15.6. The molecule has 110 valence electrons. The first-order chi connectivity index (χ1) is 9.76. The fourth-order valence-electron chi connectivity index (χ4n) is 2.14. The average Bonchev–Trinajstić information content (AvgIpc) is 2.38. The highest BCUT2D eigenvalue weighted by atomic mass is 19.1. The summed E-state index contributed by atoms with van der Waals surface area (Å²) in [4.78, 5) is 12.5. The van der Waals surface area contributed by atoms with Crippen molar-refractivity contribution >= 4 is 5.91 Å². The molecule has 2 aromatic carbocycles. The third kappa shape index (κ3) is 3.91. The molecule has 3 heteroatoms. The summed E-state index contributed by atoms with van der Waals surface area (Å²) >= 11 is 0. The number of hydrogen-bond donors (Lipinski definition) is 1. The van der Waals surface area contributed by atoms with Crippen LogP contribution in [-0.2, 0) is 0 Å². The molecular weight excluding hydrogens is 265 g/mol. The van der Waals surface area contributed by atoms with Crippen molar-refractivity contribution in [3.63, 3.8) is 0 Å². The van der Waals surface area contributed by atoms with Crippen molar-refractivity contribution in [1.82, 2.24) is 5.32 Å². The van der Waals surface area contributed by atoms with Crippen molar-refractivity contribution in [1.29, 1.82) is 0 Å². The minimum Gasteiger partial charge on any atom is -0.347 e. The molecule has 0 aliphatic rings. The molecule has 2 rings (SSSR count). The van der Waals surface area contributed by atoms with Crippen LogP contribution < -0.4 is 5.32 Å². The van der Waals surface area contributed by atoms with E-state index in [2.05, 4.69) is 5.32 Å². The molecule has 0 aromatic heterocycles. The highest BCUT2D eigenvalue weighted by Crippen LogP contribution is 2.25. The fraction of sp³-hybridized carbons (Fsp3) is 0.278. The molecule has 0 aliphatic carbocycles. The Kier molecular flexibility index (Phi) is 4.12. The van der Waals surface area contributed by atoms with Gasteiger partial charge in [0.15, 0.2) is 0 Å². The molecule has 1 amide bonds. The largest absolute Gasteiger partial charge is 0.347 e. The number of amides is 1. The van der Waals surface area contributed by atoms with E-state index in [1.54, 1.807) is 12.1 Å². The van der Waals surface area contributed by atoms with Crippen molar-refractivity contribution in [3.05, 3.63) is 59.4 Å². The van der Waals surface area contributed by atoms with Gasteiger partial charge in [-0.15, -0.1) is 0 Å². The topological polar surface area (TPSA) is 29.1 Å². The van der Waals surface area contributed by atoms with Crippen LogP contribution in [0.25, 0.3) is 11.1 Å². The lowest BCUT2D eigenvalue weighted by molar-refractivity contribution is 0.0920. The molecule has 0 heterocycles. The summed E-state index contributed by atoms with van der Waals surface area (Å²) in [7, 11) is 0. The Morgan fingerprint density at radius 1 is 1.05 bits per heavy atom. The lowest BCUT2D eigenvalue weighted by Gasteiger charge is -2.22. The smallest absolute Gasteiger partial charge is 0.252 e. The summed E-state index contributed by atoms with van der Waals surface area (Å²) < 4.78 is 13.1. The Hall–Kier alpha value is -2.16. The van der Waals surface area contributed by atoms with E-state index < -0.39 is 0 Å². The Labute approximate surface area is 125 Å². The van der Waals surface area contributed by atoms with Gasteiger partial charge in [-0.3, -0.25) is 4.79 Å². The number of carbonyl (C=O) groups is 1. The Balaban J connectivity index is 2.47. The van der Waals surface area contributed by atoms with Gasteiger partial charge in [0.1, 0.15) is 5.82 Å². The predicted octanol–water partition coefficient (Wildman–Crippen LogP) is 4.33. The van der Waals surface area contributed by atoms with Crippen LogP contribution in [-0.4, -0.2) is 11.4 Å². The number of benzene rings is 2. The van der Waals surface area contributed by atoms with E-state index in [0.717, 1.165) is 16.7 Å². The molecule has 2 nitrogen and oxygen atoms in total. The lowest BCUT2D eigenvalue weighted by atomic mass is 9.96. The van der Waals surface area contributed by atoms with Crippen LogP contribution in [0.4, 0.5) is 4.39 Å². The van der Waals surface area contributed by atoms with E-state index in [-0.39, 0.29) is 17.3 Å². The second-order valence-corrected chi connectivity index (χ2v) is 6.26. The summed E-state index contributed by atoms with van der Waals surface area (Å²) in [5.41, 5.74) is 2.95. The van der Waals surface area contributed by atoms with Gasteiger partial charge in [0.05, 0.1) is 0 Å². The Morgan fingerprint density at radius 2 is 1.67 bits per heavy atom. The van der Waals surface area contributed by atoms with Gasteiger partial charge in [-0.1, -0.05) is 29.8 Å². The standard InChI is InChI=1S/C18H20FNO/c1-12-5-10-15(13-6-8-14(19)9-7-13)16(11-12)17(21)20-18(2,3)4/h5-11H,1-4H3,(H,20,21). The molecule has 0 radical (unpaired) electrons. The Bertz CT molecular complexity index is 654. The number of carbonyl (C=O) groups excluding carboxylic acids is 1. The first-order valence-electron chi connectivity index (χ1n) is 6.95. The molecule has 0 aliphatic heterocycles. The van der Waals surface area contributed by atoms with Gasteiger partial charge in [-0.25, -0.2) is 4.39 Å². The van der Waals surface area contributed by atoms with Gasteiger partial charge in [-0.2, -0.15) is 0 Å². The maximum absolute atomic E-state index is 13.1. The quantitative estimate of drug-likeness (QED) is 0.874. The third-order valence-corrected chi connectivity index (χ3v) is 3.06. The first kappa shape index (κ1) is 15.2. The van der Waals surface area contributed by atoms with Gasteiger partial charge in [0.2, 0.25) is 0 Å². The molecule has 0 atom stereocenters. The number of halogens is 1. The molecule has 0 fully saturated rings. The van der Waals surface area contributed by atoms with Crippen LogP contribution in [0.2, 0.25) is 0 Å². The van der Waals surface area contributed by atoms with Gasteiger partial charge in [-0.05, 0) is 57.0 Å². The summed E-state index contributed by atoms with van der Waals surface area (Å²) in [6, 6.07) is 11.9. The first-order valence-corrected chi connectivity index (χ1v) is 6.95. The molecular formula is C18H20FNO. The Morgan fingerprint density at radius 3 is 2.24 bits per heavy atom. The SMILES string of the molecule is Cc1ccc(-c2ccc(F)cc2)c(C(=O)NC(C)(C)C)c1. The molecule has 21 heavy (non-hydrogen) atoms. The zero-order valence-corrected chi connectivity index (χ0v) is 12.8.